The Labute approximate surface area is 92.7 Å². The van der Waals surface area contributed by atoms with E-state index >= 15 is 0 Å². The van der Waals surface area contributed by atoms with Gasteiger partial charge in [-0.2, -0.15) is 8.78 Å². The molecular formula is C10H15F2NO3. The van der Waals surface area contributed by atoms with E-state index in [2.05, 4.69) is 10.1 Å². The summed E-state index contributed by atoms with van der Waals surface area (Å²) in [5.74, 6) is -5.48. The molecule has 4 nitrogen and oxygen atoms in total. The summed E-state index contributed by atoms with van der Waals surface area (Å²) in [7, 11) is 0. The molecule has 0 aliphatic rings. The van der Waals surface area contributed by atoms with Crippen LogP contribution in [0.25, 0.3) is 0 Å². The van der Waals surface area contributed by atoms with Crippen molar-refractivity contribution in [3.63, 3.8) is 0 Å². The molecule has 0 radical (unpaired) electrons. The van der Waals surface area contributed by atoms with Gasteiger partial charge in [0.2, 0.25) is 5.91 Å². The summed E-state index contributed by atoms with van der Waals surface area (Å²) < 4.78 is 30.1. The predicted octanol–water partition coefficient (Wildman–Crippen LogP) is 1.27. The number of alkyl halides is 2. The molecule has 0 rings (SSSR count). The Morgan fingerprint density at radius 1 is 1.38 bits per heavy atom. The fourth-order valence-electron chi connectivity index (χ4n) is 0.800. The summed E-state index contributed by atoms with van der Waals surface area (Å²) in [6.45, 7) is 2.95. The van der Waals surface area contributed by atoms with Crippen LogP contribution >= 0.6 is 0 Å². The lowest BCUT2D eigenvalue weighted by atomic mass is 10.3. The molecule has 0 aliphatic heterocycles. The van der Waals surface area contributed by atoms with Crippen molar-refractivity contribution in [3.05, 3.63) is 12.2 Å². The number of hydrogen-bond acceptors (Lipinski definition) is 3. The Hall–Kier alpha value is -1.46. The molecule has 0 spiro atoms. The second-order valence-electron chi connectivity index (χ2n) is 2.90. The van der Waals surface area contributed by atoms with Gasteiger partial charge in [0.15, 0.2) is 0 Å². The first-order valence-corrected chi connectivity index (χ1v) is 4.93. The minimum absolute atomic E-state index is 0.0400. The van der Waals surface area contributed by atoms with Crippen LogP contribution in [0.5, 0.6) is 0 Å². The molecule has 6 heteroatoms. The zero-order chi connectivity index (χ0) is 12.6. The molecule has 0 unspecified atom stereocenters. The molecule has 1 amide bonds. The summed E-state index contributed by atoms with van der Waals surface area (Å²) in [6.07, 6.45) is 1.72. The van der Waals surface area contributed by atoms with E-state index in [4.69, 9.17) is 0 Å². The lowest BCUT2D eigenvalue weighted by molar-refractivity contribution is -0.164. The summed E-state index contributed by atoms with van der Waals surface area (Å²) in [4.78, 5) is 21.5. The predicted molar refractivity (Wildman–Crippen MR) is 54.0 cm³/mol. The third-order valence-electron chi connectivity index (χ3n) is 1.61. The smallest absolute Gasteiger partial charge is 0.381 e. The number of hydrogen-bond donors (Lipinski definition) is 1. The van der Waals surface area contributed by atoms with Gasteiger partial charge in [0.05, 0.1) is 6.61 Å². The van der Waals surface area contributed by atoms with Crippen molar-refractivity contribution in [1.82, 2.24) is 5.32 Å². The third-order valence-corrected chi connectivity index (χ3v) is 1.61. The van der Waals surface area contributed by atoms with Crippen LogP contribution in [0.1, 0.15) is 20.3 Å². The number of carbonyl (C=O) groups is 2. The van der Waals surface area contributed by atoms with Crippen LogP contribution in [0.4, 0.5) is 8.78 Å². The first-order valence-electron chi connectivity index (χ1n) is 4.93. The van der Waals surface area contributed by atoms with Gasteiger partial charge in [0.1, 0.15) is 0 Å². The maximum Gasteiger partial charge on any atom is 0.381 e. The van der Waals surface area contributed by atoms with Gasteiger partial charge in [-0.05, 0) is 13.0 Å². The molecule has 0 fully saturated rings. The molecule has 0 saturated carbocycles. The van der Waals surface area contributed by atoms with Crippen LogP contribution in [0.3, 0.4) is 0 Å². The van der Waals surface area contributed by atoms with Gasteiger partial charge in [-0.3, -0.25) is 4.79 Å². The van der Waals surface area contributed by atoms with Gasteiger partial charge >= 0.3 is 11.9 Å². The summed E-state index contributed by atoms with van der Waals surface area (Å²) >= 11 is 0. The highest BCUT2D eigenvalue weighted by Gasteiger charge is 2.37. The zero-order valence-electron chi connectivity index (χ0n) is 9.26. The minimum Gasteiger partial charge on any atom is -0.461 e. The first-order chi connectivity index (χ1) is 7.44. The van der Waals surface area contributed by atoms with E-state index in [0.717, 1.165) is 6.08 Å². The van der Waals surface area contributed by atoms with Crippen molar-refractivity contribution in [2.24, 2.45) is 0 Å². The number of ether oxygens (including phenoxy) is 1. The van der Waals surface area contributed by atoms with Gasteiger partial charge in [-0.15, -0.1) is 0 Å². The minimum atomic E-state index is -3.65. The topological polar surface area (TPSA) is 55.4 Å². The molecule has 0 aromatic carbocycles. The highest BCUT2D eigenvalue weighted by atomic mass is 19.3. The normalized spacial score (nSPS) is 11.5. The van der Waals surface area contributed by atoms with Crippen molar-refractivity contribution in [2.75, 3.05) is 13.2 Å². The Kier molecular flexibility index (Phi) is 6.29. The van der Waals surface area contributed by atoms with Crippen LogP contribution in [-0.4, -0.2) is 31.0 Å². The Balaban J connectivity index is 4.09. The third kappa shape index (κ3) is 5.43. The van der Waals surface area contributed by atoms with Gasteiger partial charge < -0.3 is 10.1 Å². The van der Waals surface area contributed by atoms with E-state index in [0.29, 0.717) is 6.08 Å². The van der Waals surface area contributed by atoms with Crippen LogP contribution in [0, 0.1) is 0 Å². The second-order valence-corrected chi connectivity index (χ2v) is 2.90. The van der Waals surface area contributed by atoms with Crippen LogP contribution in [-0.2, 0) is 14.3 Å². The van der Waals surface area contributed by atoms with Gasteiger partial charge in [0, 0.05) is 13.0 Å². The molecule has 0 bridgehead atoms. The fourth-order valence-corrected chi connectivity index (χ4v) is 0.800. The highest BCUT2D eigenvalue weighted by Crippen LogP contribution is 2.16. The number of rotatable bonds is 6. The standard InChI is InChI=1S/C10H15F2NO3/c1-3-8(14)13-7-5-6-10(11,12)9(15)16-4-2/h5-6H,3-4,7H2,1-2H3,(H,13,14)/b6-5+. The Bertz CT molecular complexity index is 277. The second kappa shape index (κ2) is 6.92. The molecule has 0 atom stereocenters. The number of carbonyl (C=O) groups excluding carboxylic acids is 2. The average Bonchev–Trinajstić information content (AvgIpc) is 2.24. The Morgan fingerprint density at radius 2 is 2.00 bits per heavy atom. The van der Waals surface area contributed by atoms with E-state index in [1.54, 1.807) is 6.92 Å². The van der Waals surface area contributed by atoms with Crippen molar-refractivity contribution in [2.45, 2.75) is 26.2 Å². The van der Waals surface area contributed by atoms with Crippen molar-refractivity contribution in [1.29, 1.82) is 0 Å². The SMILES string of the molecule is CCOC(=O)C(F)(F)/C=C/CNC(=O)CC. The Morgan fingerprint density at radius 3 is 2.50 bits per heavy atom. The van der Waals surface area contributed by atoms with Crippen LogP contribution in [0.15, 0.2) is 12.2 Å². The molecular weight excluding hydrogens is 220 g/mol. The molecule has 16 heavy (non-hydrogen) atoms. The van der Waals surface area contributed by atoms with Crippen molar-refractivity contribution >= 4 is 11.9 Å². The van der Waals surface area contributed by atoms with E-state index in [9.17, 15) is 18.4 Å². The quantitative estimate of drug-likeness (QED) is 0.557. The summed E-state index contributed by atoms with van der Waals surface area (Å²) in [5.41, 5.74) is 0. The van der Waals surface area contributed by atoms with E-state index in [1.165, 1.54) is 6.92 Å². The molecule has 0 saturated heterocycles. The fraction of sp³-hybridized carbons (Fsp3) is 0.600. The maximum atomic E-state index is 12.9. The first kappa shape index (κ1) is 14.5. The van der Waals surface area contributed by atoms with Gasteiger partial charge in [0.25, 0.3) is 0 Å². The molecule has 0 heterocycles. The van der Waals surface area contributed by atoms with E-state index in [1.807, 2.05) is 0 Å². The lowest BCUT2D eigenvalue weighted by Gasteiger charge is -2.09. The molecule has 0 aromatic rings. The van der Waals surface area contributed by atoms with Crippen LogP contribution < -0.4 is 5.32 Å². The van der Waals surface area contributed by atoms with Gasteiger partial charge in [-0.1, -0.05) is 13.0 Å². The molecule has 0 aliphatic carbocycles. The zero-order valence-corrected chi connectivity index (χ0v) is 9.26. The lowest BCUT2D eigenvalue weighted by Crippen LogP contribution is -2.29. The maximum absolute atomic E-state index is 12.9. The van der Waals surface area contributed by atoms with Crippen molar-refractivity contribution < 1.29 is 23.1 Å². The van der Waals surface area contributed by atoms with Crippen molar-refractivity contribution in [3.8, 4) is 0 Å². The number of nitrogens with one attached hydrogen (secondary N) is 1. The number of halogens is 2. The largest absolute Gasteiger partial charge is 0.461 e. The molecule has 1 N–H and O–H groups in total. The van der Waals surface area contributed by atoms with E-state index in [-0.39, 0.29) is 25.5 Å². The summed E-state index contributed by atoms with van der Waals surface area (Å²) in [6, 6.07) is 0. The monoisotopic (exact) mass is 235 g/mol. The van der Waals surface area contributed by atoms with Crippen LogP contribution in [0.2, 0.25) is 0 Å². The molecule has 92 valence electrons. The highest BCUT2D eigenvalue weighted by molar-refractivity contribution is 5.80. The number of esters is 1. The van der Waals surface area contributed by atoms with E-state index < -0.39 is 11.9 Å². The summed E-state index contributed by atoms with van der Waals surface area (Å²) in [5, 5.41) is 2.36. The molecule has 0 aromatic heterocycles. The van der Waals surface area contributed by atoms with Gasteiger partial charge in [-0.25, -0.2) is 4.79 Å². The average molecular weight is 235 g/mol. The number of amides is 1.